The van der Waals surface area contributed by atoms with Crippen LogP contribution in [0.25, 0.3) is 0 Å². The molecule has 0 saturated carbocycles. The summed E-state index contributed by atoms with van der Waals surface area (Å²) < 4.78 is 0. The zero-order chi connectivity index (χ0) is 19.4. The summed E-state index contributed by atoms with van der Waals surface area (Å²) in [7, 11) is 0. The molecule has 10 nitrogen and oxygen atoms in total. The monoisotopic (exact) mass is 378 g/mol. The van der Waals surface area contributed by atoms with Crippen molar-refractivity contribution in [1.29, 1.82) is 0 Å². The fourth-order valence-corrected chi connectivity index (χ4v) is 2.17. The van der Waals surface area contributed by atoms with E-state index in [1.165, 1.54) is 0 Å². The molecule has 25 heavy (non-hydrogen) atoms. The zero-order valence-corrected chi connectivity index (χ0v) is 14.7. The number of amides is 3. The number of unbranched alkanes of at least 4 members (excludes halogenated alkanes) is 1. The number of nitrogens with zero attached hydrogens (tertiary/aromatic N) is 1. The normalized spacial score (nSPS) is 14.3. The summed E-state index contributed by atoms with van der Waals surface area (Å²) in [5.41, 5.74) is 10.8. The molecule has 0 unspecified atom stereocenters. The second-order valence-corrected chi connectivity index (χ2v) is 5.60. The molecule has 3 atom stereocenters. The lowest BCUT2D eigenvalue weighted by molar-refractivity contribution is -0.151. The first-order valence-electron chi connectivity index (χ1n) is 7.77. The summed E-state index contributed by atoms with van der Waals surface area (Å²) in [5, 5.41) is 20.5. The molecule has 0 radical (unpaired) electrons. The molecule has 0 rings (SSSR count). The van der Waals surface area contributed by atoms with E-state index < -0.39 is 49.1 Å². The Kier molecular flexibility index (Phi) is 12.0. The van der Waals surface area contributed by atoms with E-state index in [1.54, 1.807) is 0 Å². The molecule has 0 spiro atoms. The Labute approximate surface area is 151 Å². The van der Waals surface area contributed by atoms with Gasteiger partial charge in [0.15, 0.2) is 0 Å². The van der Waals surface area contributed by atoms with E-state index in [-0.39, 0.29) is 18.5 Å². The van der Waals surface area contributed by atoms with Crippen LogP contribution in [0.15, 0.2) is 0 Å². The maximum absolute atomic E-state index is 12.7. The minimum absolute atomic E-state index is 0.146. The second-order valence-electron chi connectivity index (χ2n) is 5.28. The van der Waals surface area contributed by atoms with E-state index in [0.29, 0.717) is 24.3 Å². The second kappa shape index (κ2) is 12.8. The Morgan fingerprint density at radius 1 is 1.20 bits per heavy atom. The van der Waals surface area contributed by atoms with Crippen LogP contribution in [0.2, 0.25) is 0 Å². The maximum Gasteiger partial charge on any atom is 0.252 e. The highest BCUT2D eigenvalue weighted by molar-refractivity contribution is 7.81. The molecular weight excluding hydrogens is 352 g/mol. The third-order valence-electron chi connectivity index (χ3n) is 3.41. The van der Waals surface area contributed by atoms with Gasteiger partial charge in [-0.2, -0.15) is 12.6 Å². The van der Waals surface area contributed by atoms with Gasteiger partial charge in [-0.1, -0.05) is 0 Å². The van der Waals surface area contributed by atoms with Crippen LogP contribution in [0, 0.1) is 0 Å². The van der Waals surface area contributed by atoms with Crippen LogP contribution < -0.4 is 16.8 Å². The average molecular weight is 378 g/mol. The van der Waals surface area contributed by atoms with E-state index >= 15 is 0 Å². The minimum atomic E-state index is -1.38. The lowest BCUT2D eigenvalue weighted by Crippen LogP contribution is -2.58. The van der Waals surface area contributed by atoms with Gasteiger partial charge in [0.05, 0.1) is 19.0 Å². The Bertz CT molecular complexity index is 465. The summed E-state index contributed by atoms with van der Waals surface area (Å²) in [4.78, 5) is 48.2. The van der Waals surface area contributed by atoms with Crippen LogP contribution in [0.3, 0.4) is 0 Å². The van der Waals surface area contributed by atoms with E-state index in [0.717, 1.165) is 0 Å². The molecule has 0 aromatic carbocycles. The predicted molar refractivity (Wildman–Crippen MR) is 92.5 cm³/mol. The van der Waals surface area contributed by atoms with Gasteiger partial charge < -0.3 is 31.8 Å². The number of hydrogen-bond donors (Lipinski definition) is 6. The Hall–Kier alpha value is -1.53. The summed E-state index contributed by atoms with van der Waals surface area (Å²) in [6.45, 7) is -1.01. The van der Waals surface area contributed by atoms with E-state index in [4.69, 9.17) is 16.6 Å². The molecular formula is C14H26N4O6S. The maximum atomic E-state index is 12.7. The molecule has 0 aromatic heterocycles. The molecule has 144 valence electrons. The van der Waals surface area contributed by atoms with Gasteiger partial charge in [-0.05, 0) is 25.8 Å². The topological polar surface area (TPSA) is 176 Å². The smallest absolute Gasteiger partial charge is 0.252 e. The Morgan fingerprint density at radius 3 is 2.28 bits per heavy atom. The van der Waals surface area contributed by atoms with Crippen LogP contribution in [-0.2, 0) is 19.2 Å². The van der Waals surface area contributed by atoms with Crippen molar-refractivity contribution in [3.63, 3.8) is 0 Å². The van der Waals surface area contributed by atoms with Gasteiger partial charge in [0.1, 0.15) is 24.4 Å². The number of hydrogen-bond acceptors (Lipinski definition) is 9. The Balaban J connectivity index is 5.45. The van der Waals surface area contributed by atoms with E-state index in [9.17, 15) is 24.3 Å². The third kappa shape index (κ3) is 7.48. The van der Waals surface area contributed by atoms with Crippen LogP contribution in [-0.4, -0.2) is 82.8 Å². The number of nitrogens with two attached hydrogens (primary N) is 2. The molecule has 0 bridgehead atoms. The number of aldehydes is 1. The van der Waals surface area contributed by atoms with Crippen molar-refractivity contribution < 1.29 is 29.4 Å². The molecule has 0 heterocycles. The molecule has 0 fully saturated rings. The molecule has 0 aliphatic rings. The van der Waals surface area contributed by atoms with E-state index in [1.807, 2.05) is 0 Å². The molecule has 0 aliphatic carbocycles. The Morgan fingerprint density at radius 2 is 1.84 bits per heavy atom. The lowest BCUT2D eigenvalue weighted by atomic mass is 10.1. The summed E-state index contributed by atoms with van der Waals surface area (Å²) in [6.07, 6.45) is 1.45. The zero-order valence-electron chi connectivity index (χ0n) is 13.8. The van der Waals surface area contributed by atoms with Gasteiger partial charge in [0.2, 0.25) is 11.8 Å². The fourth-order valence-electron chi connectivity index (χ4n) is 2.01. The van der Waals surface area contributed by atoms with Crippen LogP contribution in [0.5, 0.6) is 0 Å². The van der Waals surface area contributed by atoms with Gasteiger partial charge >= 0.3 is 0 Å². The van der Waals surface area contributed by atoms with Crippen molar-refractivity contribution in [3.05, 3.63) is 0 Å². The van der Waals surface area contributed by atoms with Crippen molar-refractivity contribution in [3.8, 4) is 0 Å². The fraction of sp³-hybridized carbons (Fsp3) is 0.714. The number of rotatable bonds is 12. The highest BCUT2D eigenvalue weighted by Crippen LogP contribution is 2.09. The minimum Gasteiger partial charge on any atom is -0.394 e. The summed E-state index contributed by atoms with van der Waals surface area (Å²) >= 11 is 3.80. The first kappa shape index (κ1) is 23.5. The number of aliphatic hydroxyl groups is 2. The molecule has 0 saturated heterocycles. The molecule has 3 amide bonds. The first-order chi connectivity index (χ1) is 11.9. The third-order valence-corrected chi connectivity index (χ3v) is 3.68. The van der Waals surface area contributed by atoms with Crippen LogP contribution in [0.1, 0.15) is 19.3 Å². The van der Waals surface area contributed by atoms with Gasteiger partial charge in [-0.25, -0.2) is 0 Å². The SMILES string of the molecule is NCCCC[C@H](NC(=O)[C@@H](N)CO)C(=O)N(C(=O)CS)[C@H](C=O)CO. The van der Waals surface area contributed by atoms with Crippen molar-refractivity contribution in [2.75, 3.05) is 25.5 Å². The van der Waals surface area contributed by atoms with Crippen molar-refractivity contribution in [2.24, 2.45) is 11.5 Å². The lowest BCUT2D eigenvalue weighted by Gasteiger charge is -2.29. The number of thiol groups is 1. The summed E-state index contributed by atoms with van der Waals surface area (Å²) in [5.74, 6) is -2.79. The quantitative estimate of drug-likeness (QED) is 0.117. The van der Waals surface area contributed by atoms with Crippen molar-refractivity contribution >= 4 is 36.6 Å². The predicted octanol–water partition coefficient (Wildman–Crippen LogP) is -3.24. The van der Waals surface area contributed by atoms with Gasteiger partial charge in [0.25, 0.3) is 5.91 Å². The molecule has 11 heteroatoms. The number of imide groups is 1. The van der Waals surface area contributed by atoms with Crippen molar-refractivity contribution in [2.45, 2.75) is 37.4 Å². The largest absolute Gasteiger partial charge is 0.394 e. The van der Waals surface area contributed by atoms with Crippen LogP contribution >= 0.6 is 12.6 Å². The van der Waals surface area contributed by atoms with Gasteiger partial charge in [-0.3, -0.25) is 19.3 Å². The highest BCUT2D eigenvalue weighted by Gasteiger charge is 2.34. The van der Waals surface area contributed by atoms with Gasteiger partial charge in [-0.15, -0.1) is 0 Å². The highest BCUT2D eigenvalue weighted by atomic mass is 32.1. The number of nitrogens with one attached hydrogen (secondary N) is 1. The number of carbonyl (C=O) groups excluding carboxylic acids is 4. The van der Waals surface area contributed by atoms with E-state index in [2.05, 4.69) is 17.9 Å². The van der Waals surface area contributed by atoms with Crippen LogP contribution in [0.4, 0.5) is 0 Å². The average Bonchev–Trinajstić information content (AvgIpc) is 2.63. The molecule has 0 aromatic rings. The molecule has 0 aliphatic heterocycles. The van der Waals surface area contributed by atoms with Crippen molar-refractivity contribution in [1.82, 2.24) is 10.2 Å². The molecule has 7 N–H and O–H groups in total. The van der Waals surface area contributed by atoms with Gasteiger partial charge in [0, 0.05) is 0 Å². The standard InChI is InChI=1S/C14H26N4O6S/c15-4-2-1-3-11(17-13(23)10(16)7-21)14(24)18(12(22)8-25)9(5-19)6-20/h5,9-11,20-21,25H,1-4,6-8,15-16H2,(H,17,23)/t9-,10+,11+/m1/s1. The number of aliphatic hydroxyl groups excluding tert-OH is 2. The number of carbonyl (C=O) groups is 4. The first-order valence-corrected chi connectivity index (χ1v) is 8.40. The summed E-state index contributed by atoms with van der Waals surface area (Å²) in [6, 6.07) is -3.78.